The van der Waals surface area contributed by atoms with E-state index in [1.165, 1.54) is 12.1 Å². The third-order valence-electron chi connectivity index (χ3n) is 11.1. The number of amides is 4. The first-order valence-electron chi connectivity index (χ1n) is 21.5. The number of carbonyl (C=O) groups excluding carboxylic acids is 4. The van der Waals surface area contributed by atoms with Crippen molar-refractivity contribution < 1.29 is 37.9 Å². The molecule has 0 fully saturated rings. The van der Waals surface area contributed by atoms with Crippen LogP contribution < -0.4 is 26.0 Å². The summed E-state index contributed by atoms with van der Waals surface area (Å²) in [4.78, 5) is 78.4. The van der Waals surface area contributed by atoms with Crippen LogP contribution in [0.4, 0.5) is 0 Å². The molecule has 4 atom stereocenters. The second-order valence-electron chi connectivity index (χ2n) is 15.6. The van der Waals surface area contributed by atoms with Crippen LogP contribution in [0, 0.1) is 0 Å². The minimum atomic E-state index is -3.71. The molecule has 1 heterocycles. The Hall–Kier alpha value is -6.90. The van der Waals surface area contributed by atoms with Gasteiger partial charge in [-0.1, -0.05) is 134 Å². The summed E-state index contributed by atoms with van der Waals surface area (Å²) in [5.74, 6) is -1.71. The van der Waals surface area contributed by atoms with Gasteiger partial charge in [-0.25, -0.2) is 0 Å². The minimum absolute atomic E-state index is 0.132. The number of hydrogen-bond donors (Lipinski definition) is 6. The Morgan fingerprint density at radius 1 is 0.453 bits per heavy atom. The van der Waals surface area contributed by atoms with Crippen LogP contribution in [0.1, 0.15) is 114 Å². The predicted octanol–water partition coefficient (Wildman–Crippen LogP) is 7.79. The number of unbranched alkanes of at least 4 members (excludes halogenated alkanes) is 2. The van der Waals surface area contributed by atoms with Gasteiger partial charge < -0.3 is 40.0 Å². The van der Waals surface area contributed by atoms with Gasteiger partial charge in [0.15, 0.2) is 0 Å². The molecule has 0 saturated heterocycles. The maximum Gasteiger partial charge on any atom is 0.495 e. The molecule has 4 bridgehead atoms. The zero-order valence-corrected chi connectivity index (χ0v) is 36.5. The van der Waals surface area contributed by atoms with Crippen molar-refractivity contribution in [2.75, 3.05) is 13.2 Å². The summed E-state index contributed by atoms with van der Waals surface area (Å²) in [6.45, 7) is 2.15. The Bertz CT molecular complexity index is 2360. The lowest BCUT2D eigenvalue weighted by Gasteiger charge is -2.31. The summed E-state index contributed by atoms with van der Waals surface area (Å²) in [6, 6.07) is 45.2. The number of rotatable bonds is 13. The zero-order chi connectivity index (χ0) is 44.9. The summed E-state index contributed by atoms with van der Waals surface area (Å²) in [6.07, 6.45) is 1.69. The van der Waals surface area contributed by atoms with Gasteiger partial charge >= 0.3 is 8.80 Å². The van der Waals surface area contributed by atoms with Crippen molar-refractivity contribution in [3.63, 3.8) is 0 Å². The van der Waals surface area contributed by atoms with Crippen LogP contribution in [-0.2, 0) is 4.43 Å². The van der Waals surface area contributed by atoms with Crippen LogP contribution >= 0.6 is 0 Å². The second kappa shape index (κ2) is 21.5. The van der Waals surface area contributed by atoms with Gasteiger partial charge in [-0.2, -0.15) is 0 Å². The Balaban J connectivity index is 1.32. The molecule has 12 nitrogen and oxygen atoms in total. The summed E-state index contributed by atoms with van der Waals surface area (Å²) in [5, 5.41) is 12.7. The molecule has 0 aliphatic carbocycles. The number of benzene rings is 6. The lowest BCUT2D eigenvalue weighted by molar-refractivity contribution is 0.0873. The molecule has 0 radical (unpaired) electrons. The van der Waals surface area contributed by atoms with Gasteiger partial charge in [0.25, 0.3) is 23.6 Å². The first kappa shape index (κ1) is 45.1. The van der Waals surface area contributed by atoms with Gasteiger partial charge in [0.2, 0.25) is 0 Å². The molecule has 0 aromatic heterocycles. The van der Waals surface area contributed by atoms with Gasteiger partial charge in [0.05, 0.1) is 30.8 Å². The third-order valence-corrected chi connectivity index (χ3v) is 12.8. The van der Waals surface area contributed by atoms with Crippen LogP contribution in [0.3, 0.4) is 0 Å². The van der Waals surface area contributed by atoms with Crippen LogP contribution in [0.2, 0.25) is 6.04 Å². The first-order valence-corrected chi connectivity index (χ1v) is 23.5. The molecule has 0 unspecified atom stereocenters. The third kappa shape index (κ3) is 11.8. The van der Waals surface area contributed by atoms with Crippen LogP contribution in [0.25, 0.3) is 0 Å². The van der Waals surface area contributed by atoms with Crippen molar-refractivity contribution in [1.82, 2.24) is 21.3 Å². The fraction of sp³-hybridized carbons (Fsp3) is 0.216. The maximum absolute atomic E-state index is 14.7. The molecule has 328 valence electrons. The van der Waals surface area contributed by atoms with Gasteiger partial charge in [0.1, 0.15) is 5.75 Å². The van der Waals surface area contributed by atoms with Crippen molar-refractivity contribution in [2.24, 2.45) is 0 Å². The molecule has 6 N–H and O–H groups in total. The van der Waals surface area contributed by atoms with E-state index < -0.39 is 56.6 Å². The normalized spacial score (nSPS) is 18.4. The average Bonchev–Trinajstić information content (AvgIpc) is 3.32. The maximum atomic E-state index is 14.7. The zero-order valence-electron chi connectivity index (χ0n) is 35.5. The molecule has 1 aliphatic heterocycles. The van der Waals surface area contributed by atoms with E-state index in [0.717, 1.165) is 0 Å². The number of carbonyl (C=O) groups is 4. The molecule has 6 aromatic carbocycles. The molecule has 6 aromatic rings. The number of hydrogen-bond acceptors (Lipinski definition) is 8. The molecule has 0 saturated carbocycles. The molecule has 4 amide bonds. The topological polar surface area (TPSA) is 175 Å². The van der Waals surface area contributed by atoms with E-state index in [9.17, 15) is 28.8 Å². The van der Waals surface area contributed by atoms with Crippen LogP contribution in [0.5, 0.6) is 5.75 Å². The van der Waals surface area contributed by atoms with Crippen molar-refractivity contribution in [3.8, 4) is 5.75 Å². The number of fused-ring (bicyclic) bond motifs is 4. The molecule has 64 heavy (non-hydrogen) atoms. The Morgan fingerprint density at radius 2 is 0.812 bits per heavy atom. The highest BCUT2D eigenvalue weighted by molar-refractivity contribution is 6.57. The molecular weight excluding hydrogens is 825 g/mol. The molecular formula is C51H52N4O8Si. The van der Waals surface area contributed by atoms with E-state index in [2.05, 4.69) is 21.3 Å². The second-order valence-corrected chi connectivity index (χ2v) is 17.9. The Morgan fingerprint density at radius 3 is 1.19 bits per heavy atom. The first-order chi connectivity index (χ1) is 31.1. The van der Waals surface area contributed by atoms with Gasteiger partial charge in [-0.05, 0) is 78.4 Å². The van der Waals surface area contributed by atoms with Crippen LogP contribution in [-0.4, -0.2) is 55.2 Å². The number of nitrogens with one attached hydrogen (secondary N) is 4. The molecule has 1 aliphatic rings. The molecule has 0 spiro atoms. The van der Waals surface area contributed by atoms with E-state index in [-0.39, 0.29) is 47.3 Å². The standard InChI is InChI=1S/C51H52N4O8Si/c1-2-63-64(60,61)30-17-7-16-29-62-43-33-41-32-42(34-43)51(59)55-47(38-25-14-6-15-26-38)45(36-21-10-4-11-22-36)53-49(57)40-28-18-27-39(31-40)48(56)52-44(35-19-8-3-9-20-35)46(54-50(41)58)37-23-12-5-13-24-37/h3-6,8-15,18-28,31-34,44-47,60-61H,2,7,16-17,29-30H2,1H3,(H,52,56)(H,53,57)(H,54,58)(H,55,59)/t44-,45-,46-,47-/m1/s1. The van der Waals surface area contributed by atoms with Crippen molar-refractivity contribution in [2.45, 2.75) is 56.4 Å². The fourth-order valence-corrected chi connectivity index (χ4v) is 9.17. The van der Waals surface area contributed by atoms with Gasteiger partial charge in [-0.15, -0.1) is 0 Å². The lowest BCUT2D eigenvalue weighted by Crippen LogP contribution is -2.42. The minimum Gasteiger partial charge on any atom is -0.494 e. The summed E-state index contributed by atoms with van der Waals surface area (Å²) in [5.41, 5.74) is 3.57. The molecule has 7 rings (SSSR count). The van der Waals surface area contributed by atoms with Crippen molar-refractivity contribution in [1.29, 1.82) is 0 Å². The van der Waals surface area contributed by atoms with E-state index in [4.69, 9.17) is 9.16 Å². The van der Waals surface area contributed by atoms with Gasteiger partial charge in [-0.3, -0.25) is 19.2 Å². The molecule has 13 heteroatoms. The Kier molecular flexibility index (Phi) is 15.1. The van der Waals surface area contributed by atoms with E-state index in [0.29, 0.717) is 41.5 Å². The highest BCUT2D eigenvalue weighted by atomic mass is 28.4. The number of ether oxygens (including phenoxy) is 1. The SMILES string of the molecule is CCO[Si](O)(O)CCCCCOc1cc2cc(c1)C(=O)N[C@H](c1ccccc1)[C@@H](c1ccccc1)NC(=O)c1cccc(c1)C(=O)N[C@H](c1ccccc1)[C@@H](c1ccccc1)NC2=O. The summed E-state index contributed by atoms with van der Waals surface area (Å²) < 4.78 is 11.3. The fourth-order valence-electron chi connectivity index (χ4n) is 7.85. The van der Waals surface area contributed by atoms with Gasteiger partial charge in [0, 0.05) is 34.9 Å². The highest BCUT2D eigenvalue weighted by Gasteiger charge is 2.33. The lowest BCUT2D eigenvalue weighted by atomic mass is 9.91. The summed E-state index contributed by atoms with van der Waals surface area (Å²) in [7, 11) is -3.71. The largest absolute Gasteiger partial charge is 0.495 e. The average molecular weight is 877 g/mol. The Labute approximate surface area is 374 Å². The van der Waals surface area contributed by atoms with E-state index in [1.807, 2.05) is 121 Å². The van der Waals surface area contributed by atoms with E-state index in [1.54, 1.807) is 37.3 Å². The smallest absolute Gasteiger partial charge is 0.494 e. The monoisotopic (exact) mass is 876 g/mol. The summed E-state index contributed by atoms with van der Waals surface area (Å²) >= 11 is 0. The predicted molar refractivity (Wildman–Crippen MR) is 245 cm³/mol. The van der Waals surface area contributed by atoms with Crippen molar-refractivity contribution in [3.05, 3.63) is 208 Å². The quantitative estimate of drug-likeness (QED) is 0.0504. The van der Waals surface area contributed by atoms with Crippen molar-refractivity contribution >= 4 is 32.4 Å². The van der Waals surface area contributed by atoms with E-state index >= 15 is 0 Å². The highest BCUT2D eigenvalue weighted by Crippen LogP contribution is 2.33. The van der Waals surface area contributed by atoms with Crippen LogP contribution in [0.15, 0.2) is 164 Å².